The molecule has 4 rings (SSSR count). The van der Waals surface area contributed by atoms with E-state index in [4.69, 9.17) is 4.74 Å². The Labute approximate surface area is 133 Å². The van der Waals surface area contributed by atoms with Crippen LogP contribution in [-0.4, -0.2) is 26.2 Å². The number of nitrogens with zero attached hydrogens (tertiary/aromatic N) is 5. The van der Waals surface area contributed by atoms with Crippen molar-refractivity contribution in [2.24, 2.45) is 5.92 Å². The molecule has 3 heterocycles. The summed E-state index contributed by atoms with van der Waals surface area (Å²) in [5.74, 6) is 1.14. The van der Waals surface area contributed by atoms with Gasteiger partial charge in [-0.3, -0.25) is 4.98 Å². The van der Waals surface area contributed by atoms with Crippen molar-refractivity contribution in [1.29, 1.82) is 5.26 Å². The molecule has 3 aromatic heterocycles. The number of aryl methyl sites for hydroxylation is 1. The summed E-state index contributed by atoms with van der Waals surface area (Å²) < 4.78 is 7.64. The average molecular weight is 305 g/mol. The molecule has 6 nitrogen and oxygen atoms in total. The highest BCUT2D eigenvalue weighted by Gasteiger charge is 2.25. The normalized spacial score (nSPS) is 13.9. The molecular formula is C17H15N5O. The van der Waals surface area contributed by atoms with Crippen molar-refractivity contribution < 1.29 is 4.74 Å². The molecule has 1 aliphatic carbocycles. The van der Waals surface area contributed by atoms with Crippen LogP contribution in [0.2, 0.25) is 0 Å². The van der Waals surface area contributed by atoms with Crippen LogP contribution in [0.3, 0.4) is 0 Å². The minimum absolute atomic E-state index is 0.442. The molecule has 1 saturated carbocycles. The van der Waals surface area contributed by atoms with E-state index in [-0.39, 0.29) is 0 Å². The second-order valence-corrected chi connectivity index (χ2v) is 5.75. The lowest BCUT2D eigenvalue weighted by Gasteiger charge is -2.13. The number of hydrogen-bond acceptors (Lipinski definition) is 5. The Kier molecular flexibility index (Phi) is 3.19. The van der Waals surface area contributed by atoms with Crippen LogP contribution >= 0.6 is 0 Å². The summed E-state index contributed by atoms with van der Waals surface area (Å²) in [6, 6.07) is 7.85. The van der Waals surface area contributed by atoms with Gasteiger partial charge in [-0.1, -0.05) is 6.07 Å². The van der Waals surface area contributed by atoms with Crippen molar-refractivity contribution >= 4 is 5.65 Å². The number of pyridine rings is 1. The molecule has 0 aliphatic heterocycles. The van der Waals surface area contributed by atoms with E-state index in [1.807, 2.05) is 25.1 Å². The first-order chi connectivity index (χ1) is 11.3. The SMILES string of the molecule is Cc1c(-c2ccccn2)c(OCC2CC2)nc2c(C#N)cnn12. The van der Waals surface area contributed by atoms with Gasteiger partial charge < -0.3 is 4.74 Å². The van der Waals surface area contributed by atoms with Crippen molar-refractivity contribution in [2.45, 2.75) is 19.8 Å². The van der Waals surface area contributed by atoms with Gasteiger partial charge in [0.25, 0.3) is 0 Å². The van der Waals surface area contributed by atoms with Crippen molar-refractivity contribution in [3.8, 4) is 23.2 Å². The van der Waals surface area contributed by atoms with Gasteiger partial charge in [0.1, 0.15) is 11.6 Å². The molecule has 0 bridgehead atoms. The summed E-state index contributed by atoms with van der Waals surface area (Å²) in [7, 11) is 0. The maximum absolute atomic E-state index is 9.22. The monoisotopic (exact) mass is 305 g/mol. The van der Waals surface area contributed by atoms with Gasteiger partial charge in [-0.2, -0.15) is 15.3 Å². The molecule has 0 saturated heterocycles. The average Bonchev–Trinajstić information content (AvgIpc) is 3.32. The van der Waals surface area contributed by atoms with E-state index in [1.54, 1.807) is 10.7 Å². The third-order valence-corrected chi connectivity index (χ3v) is 4.04. The zero-order chi connectivity index (χ0) is 15.8. The minimum atomic E-state index is 0.442. The van der Waals surface area contributed by atoms with E-state index in [9.17, 15) is 5.26 Å². The number of nitriles is 1. The zero-order valence-electron chi connectivity index (χ0n) is 12.7. The van der Waals surface area contributed by atoms with E-state index < -0.39 is 0 Å². The summed E-state index contributed by atoms with van der Waals surface area (Å²) in [5.41, 5.74) is 3.44. The summed E-state index contributed by atoms with van der Waals surface area (Å²) in [6.07, 6.45) is 5.68. The Morgan fingerprint density at radius 3 is 2.96 bits per heavy atom. The number of ether oxygens (including phenoxy) is 1. The fourth-order valence-corrected chi connectivity index (χ4v) is 2.58. The predicted octanol–water partition coefficient (Wildman–Crippen LogP) is 2.76. The Morgan fingerprint density at radius 1 is 1.39 bits per heavy atom. The first-order valence-electron chi connectivity index (χ1n) is 7.60. The molecule has 0 spiro atoms. The van der Waals surface area contributed by atoms with E-state index in [0.29, 0.717) is 29.6 Å². The first-order valence-corrected chi connectivity index (χ1v) is 7.60. The summed E-state index contributed by atoms with van der Waals surface area (Å²) in [5, 5.41) is 13.5. The van der Waals surface area contributed by atoms with Crippen molar-refractivity contribution in [3.05, 3.63) is 41.9 Å². The third kappa shape index (κ3) is 2.40. The highest BCUT2D eigenvalue weighted by molar-refractivity contribution is 5.71. The van der Waals surface area contributed by atoms with E-state index in [2.05, 4.69) is 21.1 Å². The van der Waals surface area contributed by atoms with Crippen LogP contribution in [0.15, 0.2) is 30.6 Å². The molecule has 6 heteroatoms. The smallest absolute Gasteiger partial charge is 0.226 e. The van der Waals surface area contributed by atoms with Crippen LogP contribution in [0.4, 0.5) is 0 Å². The molecular weight excluding hydrogens is 290 g/mol. The zero-order valence-corrected chi connectivity index (χ0v) is 12.7. The van der Waals surface area contributed by atoms with Crippen LogP contribution in [0.25, 0.3) is 16.9 Å². The number of hydrogen-bond donors (Lipinski definition) is 0. The molecule has 23 heavy (non-hydrogen) atoms. The molecule has 0 amide bonds. The molecule has 0 unspecified atom stereocenters. The molecule has 114 valence electrons. The van der Waals surface area contributed by atoms with Crippen LogP contribution in [0.1, 0.15) is 24.1 Å². The number of aromatic nitrogens is 4. The lowest BCUT2D eigenvalue weighted by atomic mass is 10.1. The fraction of sp³-hybridized carbons (Fsp3) is 0.294. The van der Waals surface area contributed by atoms with Crippen molar-refractivity contribution in [1.82, 2.24) is 19.6 Å². The molecule has 1 fully saturated rings. The Morgan fingerprint density at radius 2 is 2.26 bits per heavy atom. The summed E-state index contributed by atoms with van der Waals surface area (Å²) in [6.45, 7) is 2.59. The van der Waals surface area contributed by atoms with E-state index >= 15 is 0 Å². The van der Waals surface area contributed by atoms with Crippen LogP contribution in [0.5, 0.6) is 5.88 Å². The van der Waals surface area contributed by atoms with Crippen LogP contribution in [-0.2, 0) is 0 Å². The maximum Gasteiger partial charge on any atom is 0.226 e. The van der Waals surface area contributed by atoms with Gasteiger partial charge in [0.15, 0.2) is 5.65 Å². The Balaban J connectivity index is 1.92. The van der Waals surface area contributed by atoms with Gasteiger partial charge in [-0.25, -0.2) is 4.52 Å². The van der Waals surface area contributed by atoms with Gasteiger partial charge in [0.2, 0.25) is 5.88 Å². The van der Waals surface area contributed by atoms with Gasteiger partial charge in [0, 0.05) is 6.20 Å². The quantitative estimate of drug-likeness (QED) is 0.740. The van der Waals surface area contributed by atoms with Gasteiger partial charge in [-0.15, -0.1) is 0 Å². The summed E-state index contributed by atoms with van der Waals surface area (Å²) in [4.78, 5) is 8.98. The standard InChI is InChI=1S/C17H15N5O/c1-11-15(14-4-2-3-7-19-14)17(23-10-12-5-6-12)21-16-13(8-18)9-20-22(11)16/h2-4,7,9,12H,5-6,10H2,1H3. The van der Waals surface area contributed by atoms with E-state index in [1.165, 1.54) is 19.0 Å². The van der Waals surface area contributed by atoms with Crippen molar-refractivity contribution in [3.63, 3.8) is 0 Å². The lowest BCUT2D eigenvalue weighted by molar-refractivity contribution is 0.289. The molecule has 0 atom stereocenters. The highest BCUT2D eigenvalue weighted by atomic mass is 16.5. The topological polar surface area (TPSA) is 76.1 Å². The number of fused-ring (bicyclic) bond motifs is 1. The Hall–Kier alpha value is -2.94. The maximum atomic E-state index is 9.22. The van der Waals surface area contributed by atoms with Gasteiger partial charge >= 0.3 is 0 Å². The fourth-order valence-electron chi connectivity index (χ4n) is 2.58. The summed E-state index contributed by atoms with van der Waals surface area (Å²) >= 11 is 0. The first kappa shape index (κ1) is 13.7. The largest absolute Gasteiger partial charge is 0.477 e. The predicted molar refractivity (Wildman–Crippen MR) is 83.9 cm³/mol. The van der Waals surface area contributed by atoms with Crippen molar-refractivity contribution in [2.75, 3.05) is 6.61 Å². The second-order valence-electron chi connectivity index (χ2n) is 5.75. The molecule has 3 aromatic rings. The third-order valence-electron chi connectivity index (χ3n) is 4.04. The highest BCUT2D eigenvalue weighted by Crippen LogP contribution is 2.34. The lowest BCUT2D eigenvalue weighted by Crippen LogP contribution is -2.08. The molecule has 0 N–H and O–H groups in total. The minimum Gasteiger partial charge on any atom is -0.477 e. The van der Waals surface area contributed by atoms with Gasteiger partial charge in [0.05, 0.1) is 29.8 Å². The van der Waals surface area contributed by atoms with E-state index in [0.717, 1.165) is 17.0 Å². The van der Waals surface area contributed by atoms with Crippen LogP contribution in [0, 0.1) is 24.2 Å². The number of rotatable bonds is 4. The van der Waals surface area contributed by atoms with Gasteiger partial charge in [-0.05, 0) is 37.8 Å². The second kappa shape index (κ2) is 5.36. The van der Waals surface area contributed by atoms with Crippen LogP contribution < -0.4 is 4.74 Å². The molecule has 0 aromatic carbocycles. The molecule has 1 aliphatic rings. The Bertz CT molecular complexity index is 906. The molecule has 0 radical (unpaired) electrons.